The number of aliphatic hydroxyl groups excluding tert-OH is 1. The van der Waals surface area contributed by atoms with Crippen LogP contribution in [0.1, 0.15) is 55.0 Å². The zero-order valence-corrected chi connectivity index (χ0v) is 15.6. The number of hydrogen-bond acceptors (Lipinski definition) is 3. The fourth-order valence-corrected chi connectivity index (χ4v) is 3.72. The molecule has 1 atom stereocenters. The van der Waals surface area contributed by atoms with E-state index in [2.05, 4.69) is 32.0 Å². The molecule has 0 saturated carbocycles. The Morgan fingerprint density at radius 1 is 1.16 bits per heavy atom. The Labute approximate surface area is 150 Å². The first-order valence-electron chi connectivity index (χ1n) is 9.03. The Morgan fingerprint density at radius 3 is 2.48 bits per heavy atom. The number of rotatable bonds is 5. The monoisotopic (exact) mass is 340 g/mol. The molecule has 0 aliphatic heterocycles. The fourth-order valence-electron chi connectivity index (χ4n) is 3.72. The highest BCUT2D eigenvalue weighted by molar-refractivity contribution is 5.76. The first-order valence-corrected chi connectivity index (χ1v) is 9.03. The average Bonchev–Trinajstić information content (AvgIpc) is 2.88. The van der Waals surface area contributed by atoms with Crippen molar-refractivity contribution in [3.05, 3.63) is 52.6 Å². The van der Waals surface area contributed by atoms with E-state index >= 15 is 0 Å². The minimum atomic E-state index is -0.713. The molecule has 0 heterocycles. The summed E-state index contributed by atoms with van der Waals surface area (Å²) in [6.07, 6.45) is 1.99. The number of aliphatic hydroxyl groups is 2. The maximum atomic E-state index is 10.2. The van der Waals surface area contributed by atoms with Gasteiger partial charge in [-0.2, -0.15) is 0 Å². The van der Waals surface area contributed by atoms with E-state index in [1.54, 1.807) is 13.8 Å². The highest BCUT2D eigenvalue weighted by Gasteiger charge is 2.24. The van der Waals surface area contributed by atoms with Crippen LogP contribution in [0.4, 0.5) is 0 Å². The number of ether oxygens (including phenoxy) is 1. The first kappa shape index (κ1) is 18.0. The van der Waals surface area contributed by atoms with Gasteiger partial charge in [0.2, 0.25) is 0 Å². The molecule has 25 heavy (non-hydrogen) atoms. The molecule has 3 nitrogen and oxygen atoms in total. The Hall–Kier alpha value is -1.84. The summed E-state index contributed by atoms with van der Waals surface area (Å²) in [6, 6.07) is 10.4. The number of fused-ring (bicyclic) bond motifs is 1. The van der Waals surface area contributed by atoms with Crippen LogP contribution < -0.4 is 4.74 Å². The number of aryl methyl sites for hydroxylation is 2. The van der Waals surface area contributed by atoms with E-state index in [0.29, 0.717) is 13.0 Å². The van der Waals surface area contributed by atoms with E-state index in [4.69, 9.17) is 4.74 Å². The van der Waals surface area contributed by atoms with Gasteiger partial charge >= 0.3 is 0 Å². The smallest absolute Gasteiger partial charge is 0.119 e. The summed E-state index contributed by atoms with van der Waals surface area (Å²) in [5.74, 6) is 0.843. The molecule has 1 aliphatic rings. The number of benzene rings is 2. The third kappa shape index (κ3) is 3.88. The van der Waals surface area contributed by atoms with Gasteiger partial charge in [-0.05, 0) is 86.1 Å². The largest absolute Gasteiger partial charge is 0.493 e. The highest BCUT2D eigenvalue weighted by atomic mass is 16.5. The van der Waals surface area contributed by atoms with Gasteiger partial charge in [-0.25, -0.2) is 0 Å². The van der Waals surface area contributed by atoms with Crippen LogP contribution in [-0.2, 0) is 6.42 Å². The van der Waals surface area contributed by atoms with Crippen molar-refractivity contribution in [2.45, 2.75) is 58.7 Å². The lowest BCUT2D eigenvalue weighted by molar-refractivity contribution is 0.0553. The van der Waals surface area contributed by atoms with Gasteiger partial charge in [0.25, 0.3) is 0 Å². The minimum absolute atomic E-state index is 0.333. The van der Waals surface area contributed by atoms with Crippen LogP contribution in [-0.4, -0.2) is 22.4 Å². The Balaban J connectivity index is 1.90. The van der Waals surface area contributed by atoms with Gasteiger partial charge in [-0.1, -0.05) is 18.2 Å². The van der Waals surface area contributed by atoms with Crippen molar-refractivity contribution in [3.8, 4) is 16.9 Å². The lowest BCUT2D eigenvalue weighted by Crippen LogP contribution is -2.21. The molecular formula is C22H28O3. The van der Waals surface area contributed by atoms with Gasteiger partial charge in [0.05, 0.1) is 18.3 Å². The standard InChI is InChI=1S/C22H28O3/c1-14-12-16(25-11-10-22(3,4)24)13-15(2)21(14)19-7-5-6-18-17(19)8-9-20(18)23/h5-7,12-13,20,23-24H,8-11H2,1-4H3/t20-/m0/s1. The van der Waals surface area contributed by atoms with Crippen molar-refractivity contribution in [2.75, 3.05) is 6.61 Å². The summed E-state index contributed by atoms with van der Waals surface area (Å²) < 4.78 is 5.84. The van der Waals surface area contributed by atoms with Crippen molar-refractivity contribution in [1.82, 2.24) is 0 Å². The molecule has 0 radical (unpaired) electrons. The molecule has 0 bridgehead atoms. The topological polar surface area (TPSA) is 49.7 Å². The molecule has 134 valence electrons. The molecule has 0 unspecified atom stereocenters. The van der Waals surface area contributed by atoms with E-state index < -0.39 is 5.60 Å². The summed E-state index contributed by atoms with van der Waals surface area (Å²) in [7, 11) is 0. The van der Waals surface area contributed by atoms with E-state index in [1.807, 2.05) is 12.1 Å². The van der Waals surface area contributed by atoms with E-state index in [-0.39, 0.29) is 6.10 Å². The lowest BCUT2D eigenvalue weighted by atomic mass is 9.90. The number of hydrogen-bond donors (Lipinski definition) is 2. The highest BCUT2D eigenvalue weighted by Crippen LogP contribution is 2.40. The minimum Gasteiger partial charge on any atom is -0.493 e. The third-order valence-corrected chi connectivity index (χ3v) is 5.00. The summed E-state index contributed by atoms with van der Waals surface area (Å²) in [4.78, 5) is 0. The maximum Gasteiger partial charge on any atom is 0.119 e. The van der Waals surface area contributed by atoms with E-state index in [0.717, 1.165) is 24.2 Å². The molecule has 0 fully saturated rings. The molecule has 3 heteroatoms. The second-order valence-electron chi connectivity index (χ2n) is 7.77. The average molecular weight is 340 g/mol. The molecule has 2 N–H and O–H groups in total. The van der Waals surface area contributed by atoms with Crippen LogP contribution in [0.15, 0.2) is 30.3 Å². The van der Waals surface area contributed by atoms with Gasteiger partial charge < -0.3 is 14.9 Å². The molecule has 1 aliphatic carbocycles. The SMILES string of the molecule is Cc1cc(OCCC(C)(C)O)cc(C)c1-c1cccc2c1CC[C@@H]2O. The zero-order chi connectivity index (χ0) is 18.2. The van der Waals surface area contributed by atoms with Crippen LogP contribution in [0.3, 0.4) is 0 Å². The normalized spacial score (nSPS) is 16.8. The predicted molar refractivity (Wildman–Crippen MR) is 101 cm³/mol. The van der Waals surface area contributed by atoms with Crippen LogP contribution in [0, 0.1) is 13.8 Å². The van der Waals surface area contributed by atoms with Crippen LogP contribution >= 0.6 is 0 Å². The summed E-state index contributed by atoms with van der Waals surface area (Å²) >= 11 is 0. The van der Waals surface area contributed by atoms with Gasteiger partial charge in [0, 0.05) is 6.42 Å². The summed E-state index contributed by atoms with van der Waals surface area (Å²) in [6.45, 7) is 8.29. The Bertz CT molecular complexity index is 748. The van der Waals surface area contributed by atoms with Crippen molar-refractivity contribution >= 4 is 0 Å². The van der Waals surface area contributed by atoms with E-state index in [1.165, 1.54) is 27.8 Å². The van der Waals surface area contributed by atoms with E-state index in [9.17, 15) is 10.2 Å². The summed E-state index contributed by atoms with van der Waals surface area (Å²) in [5, 5.41) is 20.0. The molecule has 0 spiro atoms. The predicted octanol–water partition coefficient (Wildman–Crippen LogP) is 4.49. The summed E-state index contributed by atoms with van der Waals surface area (Å²) in [5.41, 5.74) is 6.45. The molecule has 3 rings (SSSR count). The molecular weight excluding hydrogens is 312 g/mol. The molecule has 2 aromatic carbocycles. The first-order chi connectivity index (χ1) is 11.8. The molecule has 0 saturated heterocycles. The van der Waals surface area contributed by atoms with Crippen molar-refractivity contribution in [1.29, 1.82) is 0 Å². The quantitative estimate of drug-likeness (QED) is 0.843. The van der Waals surface area contributed by atoms with Crippen LogP contribution in [0.5, 0.6) is 5.75 Å². The van der Waals surface area contributed by atoms with Gasteiger partial charge in [0.15, 0.2) is 0 Å². The fraction of sp³-hybridized carbons (Fsp3) is 0.455. The second kappa shape index (κ2) is 6.81. The van der Waals surface area contributed by atoms with Crippen molar-refractivity contribution in [2.24, 2.45) is 0 Å². The zero-order valence-electron chi connectivity index (χ0n) is 15.6. The molecule has 0 amide bonds. The maximum absolute atomic E-state index is 10.2. The van der Waals surface area contributed by atoms with Gasteiger partial charge in [-0.15, -0.1) is 0 Å². The second-order valence-corrected chi connectivity index (χ2v) is 7.77. The van der Waals surface area contributed by atoms with Gasteiger partial charge in [0.1, 0.15) is 5.75 Å². The molecule has 2 aromatic rings. The Morgan fingerprint density at radius 2 is 1.84 bits per heavy atom. The van der Waals surface area contributed by atoms with Crippen molar-refractivity contribution < 1.29 is 14.9 Å². The lowest BCUT2D eigenvalue weighted by Gasteiger charge is -2.19. The third-order valence-electron chi connectivity index (χ3n) is 5.00. The van der Waals surface area contributed by atoms with Crippen LogP contribution in [0.2, 0.25) is 0 Å². The Kier molecular flexibility index (Phi) is 4.90. The van der Waals surface area contributed by atoms with Crippen LogP contribution in [0.25, 0.3) is 11.1 Å². The van der Waals surface area contributed by atoms with Gasteiger partial charge in [-0.3, -0.25) is 0 Å². The van der Waals surface area contributed by atoms with Crippen molar-refractivity contribution in [3.63, 3.8) is 0 Å². The molecule has 0 aromatic heterocycles.